The monoisotopic (exact) mass is 756 g/mol. The van der Waals surface area contributed by atoms with Crippen LogP contribution in [-0.4, -0.2) is 6.36 Å². The molecule has 0 aromatic heterocycles. The molecule has 0 radical (unpaired) electrons. The van der Waals surface area contributed by atoms with Crippen molar-refractivity contribution in [1.82, 2.24) is 0 Å². The summed E-state index contributed by atoms with van der Waals surface area (Å²) in [5.41, 5.74) is -6.93. The minimum Gasteiger partial charge on any atom is -0.429 e. The van der Waals surface area contributed by atoms with Gasteiger partial charge in [-0.2, -0.15) is 26.3 Å². The van der Waals surface area contributed by atoms with E-state index < -0.39 is 99.9 Å². The van der Waals surface area contributed by atoms with E-state index in [1.54, 1.807) is 0 Å². The largest absolute Gasteiger partial charge is 0.527 e. The van der Waals surface area contributed by atoms with E-state index in [-0.39, 0.29) is 23.6 Å². The maximum atomic E-state index is 15.0. The van der Waals surface area contributed by atoms with Crippen LogP contribution in [0.15, 0.2) is 36.4 Å². The van der Waals surface area contributed by atoms with Gasteiger partial charge in [-0.1, -0.05) is 32.6 Å². The summed E-state index contributed by atoms with van der Waals surface area (Å²) in [6, 6.07) is -0.146. The van der Waals surface area contributed by atoms with Crippen molar-refractivity contribution in [3.63, 3.8) is 0 Å². The van der Waals surface area contributed by atoms with Gasteiger partial charge in [-0.3, -0.25) is 0 Å². The van der Waals surface area contributed by atoms with Crippen molar-refractivity contribution >= 4 is 0 Å². The summed E-state index contributed by atoms with van der Waals surface area (Å²) in [7, 11) is 0. The molecule has 4 rings (SSSR count). The Kier molecular flexibility index (Phi) is 11.8. The molecule has 0 unspecified atom stereocenters. The smallest absolute Gasteiger partial charge is 0.429 e. The number of rotatable bonds is 13. The first-order chi connectivity index (χ1) is 23.5. The van der Waals surface area contributed by atoms with Crippen LogP contribution in [0.3, 0.4) is 0 Å². The Morgan fingerprint density at radius 1 is 0.529 bits per heavy atom. The Balaban J connectivity index is 1.52. The molecule has 0 amide bonds. The quantitative estimate of drug-likeness (QED) is 0.128. The number of unbranched alkanes of at least 4 members (excludes halogenated alkanes) is 2. The molecule has 1 fully saturated rings. The number of halogens is 15. The van der Waals surface area contributed by atoms with Crippen LogP contribution in [0.5, 0.6) is 11.5 Å². The van der Waals surface area contributed by atoms with Gasteiger partial charge in [0.2, 0.25) is 0 Å². The molecule has 1 aliphatic carbocycles. The normalized spacial score (nSPS) is 17.5. The van der Waals surface area contributed by atoms with Crippen molar-refractivity contribution in [1.29, 1.82) is 0 Å². The van der Waals surface area contributed by atoms with Gasteiger partial charge in [-0.05, 0) is 55.2 Å². The van der Waals surface area contributed by atoms with Crippen molar-refractivity contribution in [3.8, 4) is 11.5 Å². The third kappa shape index (κ3) is 9.54. The third-order valence-corrected chi connectivity index (χ3v) is 8.24. The SMILES string of the molecule is CCCCCC1CCC(c2cc(F)c(C(F)(F)Oc3cc(F)c(C(F)(F)Oc4cc(F)c(C(F)(F)OC(F)(F)F)c(F)c4)c(F)c3)c(F)c2)CC1. The molecule has 0 atom stereocenters. The molecule has 18 heteroatoms. The molecule has 0 saturated heterocycles. The highest BCUT2D eigenvalue weighted by Gasteiger charge is 2.50. The first-order valence-corrected chi connectivity index (χ1v) is 15.3. The predicted octanol–water partition coefficient (Wildman–Crippen LogP) is 12.2. The molecular formula is C33H27F15O3. The lowest BCUT2D eigenvalue weighted by Gasteiger charge is -2.29. The van der Waals surface area contributed by atoms with Crippen LogP contribution in [0, 0.1) is 40.8 Å². The highest BCUT2D eigenvalue weighted by molar-refractivity contribution is 5.37. The van der Waals surface area contributed by atoms with Crippen LogP contribution in [0.4, 0.5) is 65.9 Å². The molecular weight excluding hydrogens is 729 g/mol. The van der Waals surface area contributed by atoms with Gasteiger partial charge in [0, 0.05) is 24.3 Å². The summed E-state index contributed by atoms with van der Waals surface area (Å²) in [4.78, 5) is 0. The van der Waals surface area contributed by atoms with E-state index in [1.165, 1.54) is 0 Å². The van der Waals surface area contributed by atoms with Gasteiger partial charge in [0.25, 0.3) is 0 Å². The fraction of sp³-hybridized carbons (Fsp3) is 0.455. The summed E-state index contributed by atoms with van der Waals surface area (Å²) in [5.74, 6) is -16.8. The van der Waals surface area contributed by atoms with Crippen LogP contribution in [0.2, 0.25) is 0 Å². The van der Waals surface area contributed by atoms with Gasteiger partial charge in [-0.25, -0.2) is 31.1 Å². The number of hydrogen-bond acceptors (Lipinski definition) is 3. The van der Waals surface area contributed by atoms with Crippen molar-refractivity contribution in [2.24, 2.45) is 5.92 Å². The summed E-state index contributed by atoms with van der Waals surface area (Å²) in [6.45, 7) is 2.06. The predicted molar refractivity (Wildman–Crippen MR) is 148 cm³/mol. The number of alkyl halides is 9. The minimum absolute atomic E-state index is 0.109. The maximum Gasteiger partial charge on any atom is 0.527 e. The van der Waals surface area contributed by atoms with Gasteiger partial charge >= 0.3 is 24.7 Å². The van der Waals surface area contributed by atoms with E-state index >= 15 is 0 Å². The van der Waals surface area contributed by atoms with Gasteiger partial charge in [0.15, 0.2) is 0 Å². The van der Waals surface area contributed by atoms with Gasteiger partial charge in [0.1, 0.15) is 63.1 Å². The Morgan fingerprint density at radius 3 is 1.27 bits per heavy atom. The van der Waals surface area contributed by atoms with E-state index in [4.69, 9.17) is 0 Å². The van der Waals surface area contributed by atoms with Crippen molar-refractivity contribution in [3.05, 3.63) is 93.6 Å². The molecule has 3 aromatic rings. The topological polar surface area (TPSA) is 27.7 Å². The van der Waals surface area contributed by atoms with E-state index in [9.17, 15) is 65.9 Å². The van der Waals surface area contributed by atoms with Crippen LogP contribution in [0.1, 0.15) is 86.5 Å². The van der Waals surface area contributed by atoms with Crippen molar-refractivity contribution in [2.75, 3.05) is 0 Å². The van der Waals surface area contributed by atoms with Crippen LogP contribution >= 0.6 is 0 Å². The zero-order valence-electron chi connectivity index (χ0n) is 26.2. The second-order valence-electron chi connectivity index (χ2n) is 11.9. The fourth-order valence-corrected chi connectivity index (χ4v) is 5.94. The Morgan fingerprint density at radius 2 is 0.902 bits per heavy atom. The molecule has 3 nitrogen and oxygen atoms in total. The highest BCUT2D eigenvalue weighted by Crippen LogP contribution is 2.44. The van der Waals surface area contributed by atoms with Gasteiger partial charge in [-0.15, -0.1) is 13.2 Å². The summed E-state index contributed by atoms with van der Waals surface area (Å²) < 4.78 is 221. The second kappa shape index (κ2) is 15.0. The van der Waals surface area contributed by atoms with E-state index in [0.717, 1.165) is 38.5 Å². The third-order valence-electron chi connectivity index (χ3n) is 8.24. The lowest BCUT2D eigenvalue weighted by Crippen LogP contribution is -2.30. The molecule has 0 spiro atoms. The molecule has 0 heterocycles. The summed E-state index contributed by atoms with van der Waals surface area (Å²) in [6.07, 6.45) is -15.2. The van der Waals surface area contributed by atoms with Crippen LogP contribution in [-0.2, 0) is 23.1 Å². The summed E-state index contributed by atoms with van der Waals surface area (Å²) in [5, 5.41) is 0. The Hall–Kier alpha value is -3.83. The van der Waals surface area contributed by atoms with Crippen molar-refractivity contribution < 1.29 is 80.1 Å². The van der Waals surface area contributed by atoms with Crippen LogP contribution in [0.25, 0.3) is 0 Å². The van der Waals surface area contributed by atoms with E-state index in [1.807, 2.05) is 0 Å². The molecule has 51 heavy (non-hydrogen) atoms. The first kappa shape index (κ1) is 39.9. The average Bonchev–Trinajstić information content (AvgIpc) is 2.94. The fourth-order valence-electron chi connectivity index (χ4n) is 5.94. The van der Waals surface area contributed by atoms with Crippen LogP contribution < -0.4 is 9.47 Å². The molecule has 1 aliphatic rings. The molecule has 1 saturated carbocycles. The van der Waals surface area contributed by atoms with E-state index in [0.29, 0.717) is 30.9 Å². The second-order valence-corrected chi connectivity index (χ2v) is 11.9. The Labute approximate surface area is 280 Å². The van der Waals surface area contributed by atoms with Crippen molar-refractivity contribution in [2.45, 2.75) is 88.9 Å². The molecule has 3 aromatic carbocycles. The zero-order chi connectivity index (χ0) is 38.1. The average molecular weight is 757 g/mol. The number of benzene rings is 3. The minimum atomic E-state index is -6.11. The summed E-state index contributed by atoms with van der Waals surface area (Å²) >= 11 is 0. The maximum absolute atomic E-state index is 15.0. The number of ether oxygens (including phenoxy) is 3. The van der Waals surface area contributed by atoms with Gasteiger partial charge < -0.3 is 9.47 Å². The molecule has 0 aliphatic heterocycles. The zero-order valence-corrected chi connectivity index (χ0v) is 26.2. The molecule has 282 valence electrons. The molecule has 0 bridgehead atoms. The Bertz CT molecular complexity index is 1630. The number of hydrogen-bond donors (Lipinski definition) is 0. The molecule has 0 N–H and O–H groups in total. The highest BCUT2D eigenvalue weighted by atomic mass is 19.4. The first-order valence-electron chi connectivity index (χ1n) is 15.3. The standard InChI is InChI=1S/C33H27F15O3/c1-2-3-4-5-16-6-8-17(9-7-16)18-10-21(34)27(22(35)11-18)30(40,41)49-19-12-23(36)28(24(37)13-19)31(42,43)50-20-14-25(38)29(26(39)15-20)32(44,45)51-33(46,47)48/h10-17H,2-9H2,1H3. The van der Waals surface area contributed by atoms with Gasteiger partial charge in [0.05, 0.1) is 0 Å². The lowest BCUT2D eigenvalue weighted by atomic mass is 9.77. The lowest BCUT2D eigenvalue weighted by molar-refractivity contribution is -0.432. The van der Waals surface area contributed by atoms with E-state index in [2.05, 4.69) is 21.1 Å².